The maximum Gasteiger partial charge on any atom is 0.333 e. The second kappa shape index (κ2) is 29.7. The van der Waals surface area contributed by atoms with Crippen LogP contribution in [-0.4, -0.2) is 322 Å². The molecule has 10 rings (SSSR count). The van der Waals surface area contributed by atoms with Crippen LogP contribution in [0.15, 0.2) is 23.3 Å². The lowest BCUT2D eigenvalue weighted by Gasteiger charge is -2.72. The standard InChI is InChI=1S/C66H106O32/c1-10-26(2)55(86)98-53-54(89-27(3)72)66(25-71)29(17-61(53,4)5)28-11-12-36-62(6)15-14-38(63(7,24-70)35(62)13-16-64(36,8)65(28,9)18-37(66)74)94-60-52(97-59-47(83)44(80)41(77)33(21-69)92-59)48(84)51(96-58-46(82)43(79)40(76)32(20-68)91-58)34(93-60)23-88-56-49(85)50(30(73)22-87-56)95-57-45(81)42(78)39(75)31(19-67)90-57/h10-11,29-54,56-60,67-71,73-85H,12-25H2,1-9H3/b26-10+/t29-,30-,31+,32+,33+,34+,35+,36+,37+,38-,39+,40+,41+,42-,43-,44-,45+,46+,47+,48-,49+,50-,51+,52+,53-,54-,56-,57-,58-,59-,60-,62-,63-,64+,65+,66-/m0/s1. The van der Waals surface area contributed by atoms with Gasteiger partial charge in [0.05, 0.1) is 63.9 Å². The Bertz CT molecular complexity index is 2810. The molecule has 5 heterocycles. The molecule has 562 valence electrons. The molecular formula is C66H106O32. The zero-order chi connectivity index (χ0) is 72.0. The Hall–Kier alpha value is -2.70. The highest BCUT2D eigenvalue weighted by Crippen LogP contribution is 2.76. The second-order valence-electron chi connectivity index (χ2n) is 30.7. The Morgan fingerprint density at radius 3 is 1.59 bits per heavy atom. The van der Waals surface area contributed by atoms with Gasteiger partial charge in [-0.3, -0.25) is 4.79 Å². The van der Waals surface area contributed by atoms with E-state index in [1.807, 2.05) is 20.8 Å². The highest BCUT2D eigenvalue weighted by molar-refractivity contribution is 5.87. The highest BCUT2D eigenvalue weighted by atomic mass is 16.8. The predicted molar refractivity (Wildman–Crippen MR) is 328 cm³/mol. The lowest BCUT2D eigenvalue weighted by molar-refractivity contribution is -0.400. The number of hydrogen-bond donors (Lipinski definition) is 18. The molecule has 18 N–H and O–H groups in total. The Labute approximate surface area is 567 Å². The third-order valence-electron chi connectivity index (χ3n) is 24.9. The van der Waals surface area contributed by atoms with Gasteiger partial charge in [-0.2, -0.15) is 0 Å². The van der Waals surface area contributed by atoms with Crippen LogP contribution in [-0.2, 0) is 66.4 Å². The molecule has 0 aromatic heterocycles. The van der Waals surface area contributed by atoms with Crippen LogP contribution >= 0.6 is 0 Å². The predicted octanol–water partition coefficient (Wildman–Crippen LogP) is -5.13. The quantitative estimate of drug-likeness (QED) is 0.0249. The maximum absolute atomic E-state index is 13.5. The van der Waals surface area contributed by atoms with Crippen molar-refractivity contribution in [3.63, 3.8) is 0 Å². The number of aliphatic hydroxyl groups excluding tert-OH is 18. The fraction of sp³-hybridized carbons (Fsp3) is 0.909. The number of rotatable bonds is 19. The van der Waals surface area contributed by atoms with Gasteiger partial charge >= 0.3 is 11.9 Å². The minimum atomic E-state index is -2.16. The van der Waals surface area contributed by atoms with Crippen LogP contribution in [0.5, 0.6) is 0 Å². The molecule has 5 aliphatic carbocycles. The molecule has 0 bridgehead atoms. The molecule has 9 fully saturated rings. The van der Waals surface area contributed by atoms with E-state index in [1.165, 1.54) is 6.92 Å². The molecule has 4 saturated carbocycles. The van der Waals surface area contributed by atoms with Gasteiger partial charge < -0.3 is 149 Å². The molecule has 0 unspecified atom stereocenters. The fourth-order valence-electron chi connectivity index (χ4n) is 18.9. The van der Waals surface area contributed by atoms with Crippen LogP contribution in [0.1, 0.15) is 107 Å². The van der Waals surface area contributed by atoms with Gasteiger partial charge in [-0.05, 0) is 92.8 Å². The van der Waals surface area contributed by atoms with Crippen molar-refractivity contribution < 1.29 is 158 Å². The van der Waals surface area contributed by atoms with E-state index in [0.29, 0.717) is 37.7 Å². The summed E-state index contributed by atoms with van der Waals surface area (Å²) in [6.07, 6.45) is -43.1. The summed E-state index contributed by atoms with van der Waals surface area (Å²) in [6, 6.07) is 0. The highest BCUT2D eigenvalue weighted by Gasteiger charge is 2.74. The Kier molecular flexibility index (Phi) is 23.6. The molecule has 98 heavy (non-hydrogen) atoms. The number of allylic oxidation sites excluding steroid dienone is 3. The van der Waals surface area contributed by atoms with Crippen molar-refractivity contribution in [2.24, 2.45) is 50.2 Å². The zero-order valence-corrected chi connectivity index (χ0v) is 56.7. The first-order valence-corrected chi connectivity index (χ1v) is 34.1. The van der Waals surface area contributed by atoms with E-state index < -0.39 is 268 Å². The number of fused-ring (bicyclic) bond motifs is 7. The average molecular weight is 1410 g/mol. The van der Waals surface area contributed by atoms with Crippen LogP contribution in [0.3, 0.4) is 0 Å². The summed E-state index contributed by atoms with van der Waals surface area (Å²) in [4.78, 5) is 26.7. The zero-order valence-electron chi connectivity index (χ0n) is 56.7. The first-order chi connectivity index (χ1) is 46.0. The number of carbonyl (C=O) groups is 2. The van der Waals surface area contributed by atoms with E-state index in [4.69, 9.17) is 56.8 Å². The van der Waals surface area contributed by atoms with Crippen LogP contribution < -0.4 is 0 Å². The van der Waals surface area contributed by atoms with Crippen molar-refractivity contribution in [1.29, 1.82) is 0 Å². The molecule has 32 nitrogen and oxygen atoms in total. The summed E-state index contributed by atoms with van der Waals surface area (Å²) < 4.78 is 73.3. The van der Waals surface area contributed by atoms with Crippen LogP contribution in [0, 0.1) is 50.2 Å². The number of aliphatic hydroxyl groups is 18. The van der Waals surface area contributed by atoms with E-state index in [2.05, 4.69) is 26.8 Å². The number of esters is 2. The van der Waals surface area contributed by atoms with Crippen molar-refractivity contribution in [1.82, 2.24) is 0 Å². The number of hydrogen-bond acceptors (Lipinski definition) is 32. The Balaban J connectivity index is 0.975. The third kappa shape index (κ3) is 13.2. The van der Waals surface area contributed by atoms with Crippen LogP contribution in [0.25, 0.3) is 0 Å². The Morgan fingerprint density at radius 2 is 1.08 bits per heavy atom. The lowest BCUT2D eigenvalue weighted by atomic mass is 9.33. The maximum atomic E-state index is 13.5. The largest absolute Gasteiger partial charge is 0.458 e. The summed E-state index contributed by atoms with van der Waals surface area (Å²) in [5.41, 5.74) is -4.15. The summed E-state index contributed by atoms with van der Waals surface area (Å²) in [7, 11) is 0. The monoisotopic (exact) mass is 1410 g/mol. The minimum absolute atomic E-state index is 0.132. The first-order valence-electron chi connectivity index (χ1n) is 34.1. The smallest absolute Gasteiger partial charge is 0.333 e. The molecule has 36 atom stereocenters. The van der Waals surface area contributed by atoms with E-state index in [0.717, 1.165) is 5.57 Å². The lowest BCUT2D eigenvalue weighted by Crippen LogP contribution is -2.72. The average Bonchev–Trinajstić information content (AvgIpc) is 0.668. The van der Waals surface area contributed by atoms with Crippen LogP contribution in [0.2, 0.25) is 0 Å². The summed E-state index contributed by atoms with van der Waals surface area (Å²) in [5.74, 6) is -2.36. The first kappa shape index (κ1) is 77.9. The second-order valence-corrected chi connectivity index (χ2v) is 30.7. The van der Waals surface area contributed by atoms with Gasteiger partial charge in [-0.15, -0.1) is 0 Å². The number of ether oxygens (including phenoxy) is 12. The van der Waals surface area contributed by atoms with Crippen molar-refractivity contribution in [2.75, 3.05) is 46.2 Å². The Morgan fingerprint density at radius 1 is 0.551 bits per heavy atom. The van der Waals surface area contributed by atoms with Gasteiger partial charge in [0, 0.05) is 23.3 Å². The third-order valence-corrected chi connectivity index (χ3v) is 24.9. The minimum Gasteiger partial charge on any atom is -0.458 e. The molecule has 5 saturated heterocycles. The van der Waals surface area contributed by atoms with E-state index in [-0.39, 0.29) is 24.7 Å². The topological polar surface area (TPSA) is 509 Å². The normalized spacial score (nSPS) is 51.9. The molecule has 0 spiro atoms. The van der Waals surface area contributed by atoms with E-state index >= 15 is 0 Å². The van der Waals surface area contributed by atoms with Crippen molar-refractivity contribution in [3.05, 3.63) is 23.3 Å². The van der Waals surface area contributed by atoms with Gasteiger partial charge in [-0.1, -0.05) is 59.3 Å². The fourth-order valence-corrected chi connectivity index (χ4v) is 18.9. The molecule has 0 amide bonds. The van der Waals surface area contributed by atoms with Gasteiger partial charge in [-0.25, -0.2) is 4.79 Å². The van der Waals surface area contributed by atoms with Crippen molar-refractivity contribution in [2.45, 2.75) is 279 Å². The van der Waals surface area contributed by atoms with Gasteiger partial charge in [0.15, 0.2) is 31.5 Å². The van der Waals surface area contributed by atoms with Crippen molar-refractivity contribution >= 4 is 11.9 Å². The van der Waals surface area contributed by atoms with E-state index in [1.54, 1.807) is 19.9 Å². The van der Waals surface area contributed by atoms with Gasteiger partial charge in [0.2, 0.25) is 0 Å². The molecular weight excluding hydrogens is 1300 g/mol. The molecule has 5 aliphatic heterocycles. The summed E-state index contributed by atoms with van der Waals surface area (Å²) in [5, 5.41) is 201. The summed E-state index contributed by atoms with van der Waals surface area (Å²) >= 11 is 0. The molecule has 0 aromatic carbocycles. The molecule has 10 aliphatic rings. The van der Waals surface area contributed by atoms with Crippen LogP contribution in [0.4, 0.5) is 0 Å². The van der Waals surface area contributed by atoms with Gasteiger partial charge in [0.1, 0.15) is 128 Å². The molecule has 0 radical (unpaired) electrons. The molecule has 32 heteroatoms. The number of carbonyl (C=O) groups excluding carboxylic acids is 2. The van der Waals surface area contributed by atoms with Gasteiger partial charge in [0.25, 0.3) is 0 Å². The molecule has 0 aromatic rings. The summed E-state index contributed by atoms with van der Waals surface area (Å²) in [6.45, 7) is 11.6. The van der Waals surface area contributed by atoms with E-state index in [9.17, 15) is 102 Å². The van der Waals surface area contributed by atoms with Crippen molar-refractivity contribution in [3.8, 4) is 0 Å². The SMILES string of the molecule is C/C=C(\C)C(=O)O[C@H]1[C@H](OC(C)=O)[C@]2(CO)[C@H](O)C[C@]3(C)C(=CC[C@@H]4[C@@]5(C)CC[C@H](O[C@@H]6O[C@H](CO[C@@H]7OC[C@H](O)[C@H](O[C@@H]8O[C@H](CO)[C@@H](O)[C@H](O)[C@H]8O)[C@H]7O)[C@@H](O[C@@H]7O[C@H](CO)[C@@H](O)[C@H](O)[C@H]7O)[C@H](O)[C@H]6O[C@@H]6O[C@H](CO)[C@@H](O)[C@H](O)[C@H]6O)[C@@](C)(CO)[C@@H]5CC[C@]43C)[C@@H]2CC1(C)C.